The van der Waals surface area contributed by atoms with Crippen molar-refractivity contribution in [3.8, 4) is 0 Å². The van der Waals surface area contributed by atoms with Gasteiger partial charge in [0.1, 0.15) is 4.90 Å². The average molecular weight is 217 g/mol. The molecule has 1 heterocycles. The minimum atomic E-state index is -1.87. The number of hydrogen-bond acceptors (Lipinski definition) is 3. The van der Waals surface area contributed by atoms with Gasteiger partial charge in [0.2, 0.25) is 0 Å². The van der Waals surface area contributed by atoms with Crippen LogP contribution in [0.4, 0.5) is 0 Å². The molecule has 0 bridgehead atoms. The van der Waals surface area contributed by atoms with Gasteiger partial charge < -0.3 is 10.3 Å². The molecule has 0 radical (unpaired) electrons. The third-order valence-corrected chi connectivity index (χ3v) is 4.46. The Kier molecular flexibility index (Phi) is 3.88. The second kappa shape index (κ2) is 4.75. The Morgan fingerprint density at radius 2 is 2.29 bits per heavy atom. The first-order valence-corrected chi connectivity index (χ1v) is 6.15. The van der Waals surface area contributed by atoms with Crippen molar-refractivity contribution >= 4 is 10.6 Å². The first-order valence-electron chi connectivity index (χ1n) is 4.42. The highest BCUT2D eigenvalue weighted by Crippen LogP contribution is 2.51. The van der Waals surface area contributed by atoms with Gasteiger partial charge in [0.25, 0.3) is 0 Å². The lowest BCUT2D eigenvalue weighted by Crippen LogP contribution is -2.06. The summed E-state index contributed by atoms with van der Waals surface area (Å²) in [5.41, 5.74) is 6.28. The molecule has 0 aliphatic rings. The van der Waals surface area contributed by atoms with Crippen LogP contribution in [-0.2, 0) is 10.7 Å². The molecule has 0 aliphatic heterocycles. The van der Waals surface area contributed by atoms with Crippen LogP contribution < -0.4 is 5.73 Å². The van der Waals surface area contributed by atoms with Crippen LogP contribution in [0.5, 0.6) is 0 Å². The fourth-order valence-corrected chi connectivity index (χ4v) is 2.38. The van der Waals surface area contributed by atoms with Gasteiger partial charge in [0.05, 0.1) is 24.8 Å². The first-order chi connectivity index (χ1) is 6.66. The van der Waals surface area contributed by atoms with E-state index in [1.165, 1.54) is 0 Å². The largest absolute Gasteiger partial charge is 0.325 e. The van der Waals surface area contributed by atoms with Crippen molar-refractivity contribution in [1.29, 1.82) is 0 Å². The predicted molar refractivity (Wildman–Crippen MR) is 59.1 cm³/mol. The van der Waals surface area contributed by atoms with Crippen molar-refractivity contribution in [2.75, 3.05) is 12.9 Å². The zero-order valence-corrected chi connectivity index (χ0v) is 9.30. The van der Waals surface area contributed by atoms with Crippen LogP contribution >= 0.6 is 10.6 Å². The van der Waals surface area contributed by atoms with Crippen molar-refractivity contribution < 1.29 is 8.74 Å². The number of pyridine rings is 1. The Morgan fingerprint density at radius 3 is 2.64 bits per heavy atom. The maximum atomic E-state index is 8.08. The quantitative estimate of drug-likeness (QED) is 0.762. The third kappa shape index (κ3) is 2.24. The van der Waals surface area contributed by atoms with Gasteiger partial charge in [-0.25, -0.2) is 0 Å². The average Bonchev–Trinajstić information content (AvgIpc) is 2.28. The highest BCUT2D eigenvalue weighted by molar-refractivity contribution is 8.25. The molecular weight excluding hydrogens is 200 g/mol. The Morgan fingerprint density at radius 1 is 1.57 bits per heavy atom. The van der Waals surface area contributed by atoms with E-state index in [0.29, 0.717) is 12.3 Å². The van der Waals surface area contributed by atoms with E-state index in [0.717, 1.165) is 10.6 Å². The van der Waals surface area contributed by atoms with E-state index in [1.807, 2.05) is 19.1 Å². The molecule has 0 spiro atoms. The van der Waals surface area contributed by atoms with Gasteiger partial charge in [0, 0.05) is 6.54 Å². The normalized spacial score (nSPS) is 17.4. The number of nitrogens with two attached hydrogens (primary N) is 1. The summed E-state index contributed by atoms with van der Waals surface area (Å²) < 4.78 is 13.3. The first kappa shape index (κ1) is 11.5. The Hall–Kier alpha value is -0.620. The number of nitrogens with zero attached hydrogens (tertiary/aromatic N) is 1. The smallest absolute Gasteiger partial charge is 0.119 e. The maximum absolute atomic E-state index is 8.08. The van der Waals surface area contributed by atoms with Gasteiger partial charge in [-0.3, -0.25) is 9.17 Å². The highest BCUT2D eigenvalue weighted by Gasteiger charge is 2.20. The molecule has 0 saturated heterocycles. The predicted octanol–water partition coefficient (Wildman–Crippen LogP) is 0.925. The van der Waals surface area contributed by atoms with Crippen LogP contribution in [0.25, 0.3) is 0 Å². The van der Waals surface area contributed by atoms with Gasteiger partial charge in [0.15, 0.2) is 0 Å². The molecule has 1 unspecified atom stereocenters. The number of aromatic nitrogens is 1. The number of hydrogen-bond donors (Lipinski definition) is 1. The van der Waals surface area contributed by atoms with Crippen molar-refractivity contribution in [1.82, 2.24) is 4.98 Å². The zero-order chi connectivity index (χ0) is 10.6. The van der Waals surface area contributed by atoms with Gasteiger partial charge >= 0.3 is 0 Å². The topological polar surface area (TPSA) is 71.0 Å². The molecule has 1 rings (SSSR count). The van der Waals surface area contributed by atoms with E-state index in [-0.39, 0.29) is 0 Å². The molecule has 0 aromatic carbocycles. The summed E-state index contributed by atoms with van der Waals surface area (Å²) in [7, 11) is -0.300. The van der Waals surface area contributed by atoms with Crippen LogP contribution in [0, 0.1) is 0 Å². The molecule has 80 valence electrons. The summed E-state index contributed by atoms with van der Waals surface area (Å²) >= 11 is 0. The van der Waals surface area contributed by atoms with Crippen LogP contribution in [0.2, 0.25) is 0 Å². The molecular formula is C9H17N2O2S+. The molecule has 4 N–H and O–H groups in total. The van der Waals surface area contributed by atoms with Crippen molar-refractivity contribution in [2.45, 2.75) is 18.4 Å². The maximum Gasteiger partial charge on any atom is 0.119 e. The molecule has 1 atom stereocenters. The molecule has 1 aromatic rings. The summed E-state index contributed by atoms with van der Waals surface area (Å²) in [6.45, 7) is 2.38. The summed E-state index contributed by atoms with van der Waals surface area (Å²) in [6, 6.07) is 3.73. The lowest BCUT2D eigenvalue weighted by Gasteiger charge is -2.30. The molecule has 5 heteroatoms. The van der Waals surface area contributed by atoms with Crippen molar-refractivity contribution in [3.05, 3.63) is 24.0 Å². The van der Waals surface area contributed by atoms with Gasteiger partial charge in [-0.2, -0.15) is 0 Å². The van der Waals surface area contributed by atoms with Crippen LogP contribution in [0.3, 0.4) is 0 Å². The molecule has 4 nitrogen and oxygen atoms in total. The van der Waals surface area contributed by atoms with E-state index < -0.39 is 10.6 Å². The molecule has 0 fully saturated rings. The van der Waals surface area contributed by atoms with E-state index in [2.05, 4.69) is 4.98 Å². The standard InChI is InChI=1S/C9H16N2O2S/c1-3-14(12,13-2)9-5-4-8(6-10)11-7-9/h4-5,7,12H,3,6,10H2,1-2H3/p+1. The minimum Gasteiger partial charge on any atom is -0.325 e. The fourth-order valence-electron chi connectivity index (χ4n) is 1.11. The van der Waals surface area contributed by atoms with Gasteiger partial charge in [-0.1, -0.05) is 10.6 Å². The van der Waals surface area contributed by atoms with E-state index in [1.54, 1.807) is 13.3 Å². The Labute approximate surface area is 85.8 Å². The molecule has 14 heavy (non-hydrogen) atoms. The van der Waals surface area contributed by atoms with E-state index in [9.17, 15) is 0 Å². The van der Waals surface area contributed by atoms with E-state index in [4.69, 9.17) is 14.5 Å². The molecule has 0 amide bonds. The summed E-state index contributed by atoms with van der Waals surface area (Å²) in [6.07, 6.45) is 1.69. The molecule has 1 aromatic heterocycles. The monoisotopic (exact) mass is 217 g/mol. The molecule has 0 aliphatic carbocycles. The second-order valence-electron chi connectivity index (χ2n) is 2.82. The third-order valence-electron chi connectivity index (χ3n) is 2.08. The Bertz CT molecular complexity index is 285. The van der Waals surface area contributed by atoms with Gasteiger partial charge in [-0.15, -0.1) is 0 Å². The lowest BCUT2D eigenvalue weighted by atomic mass is 10.4. The van der Waals surface area contributed by atoms with Crippen molar-refractivity contribution in [2.24, 2.45) is 5.73 Å². The highest BCUT2D eigenvalue weighted by atomic mass is 32.3. The second-order valence-corrected chi connectivity index (χ2v) is 5.55. The van der Waals surface area contributed by atoms with Crippen LogP contribution in [0.15, 0.2) is 23.2 Å². The van der Waals surface area contributed by atoms with Gasteiger partial charge in [-0.05, 0) is 19.1 Å². The lowest BCUT2D eigenvalue weighted by molar-refractivity contribution is 0.396. The fraction of sp³-hybridized carbons (Fsp3) is 0.444. The number of rotatable bonds is 4. The van der Waals surface area contributed by atoms with E-state index >= 15 is 0 Å². The summed E-state index contributed by atoms with van der Waals surface area (Å²) in [5.74, 6) is 0.674. The summed E-state index contributed by atoms with van der Waals surface area (Å²) in [5, 5.41) is 0. The van der Waals surface area contributed by atoms with Crippen molar-refractivity contribution in [3.63, 3.8) is 0 Å². The minimum absolute atomic E-state index is 0.430. The Balaban J connectivity index is 2.95. The SMILES string of the molecule is CCS([OH2+])(OC)c1ccc(CN)nc1. The van der Waals surface area contributed by atoms with Crippen LogP contribution in [-0.4, -0.2) is 22.4 Å². The van der Waals surface area contributed by atoms with Crippen LogP contribution in [0.1, 0.15) is 12.6 Å². The molecule has 0 saturated carbocycles. The zero-order valence-electron chi connectivity index (χ0n) is 8.49. The summed E-state index contributed by atoms with van der Waals surface area (Å²) in [4.78, 5) is 5.00.